The van der Waals surface area contributed by atoms with Gasteiger partial charge in [0.15, 0.2) is 0 Å². The molecule has 0 fully saturated rings. The third kappa shape index (κ3) is 10.5. The number of carboxylic acid groups (broad SMARTS) is 1. The molecule has 0 heterocycles. The van der Waals surface area contributed by atoms with E-state index in [0.29, 0.717) is 5.56 Å². The standard InChI is InChI=1S/C30H29F5N2O6/c31-29(32,33)14-1-2-15-41-22-10-6-20(7-11-22)30(34,35)43-23-8-3-19(4-9-23)5-12-27(38)42-16-13-24-25(28(39)40)17-21(36)18-26(24)37/h3-12,17-18H,1-2,13-16,36-37H2,(H,39,40). The Morgan fingerprint density at radius 2 is 1.51 bits per heavy atom. The number of hydrogen-bond acceptors (Lipinski definition) is 7. The molecule has 0 aliphatic heterocycles. The Morgan fingerprint density at radius 3 is 2.14 bits per heavy atom. The Bertz CT molecular complexity index is 1420. The molecule has 43 heavy (non-hydrogen) atoms. The van der Waals surface area contributed by atoms with Gasteiger partial charge in [-0.15, -0.1) is 0 Å². The maximum Gasteiger partial charge on any atom is 0.426 e. The number of hydrogen-bond donors (Lipinski definition) is 3. The summed E-state index contributed by atoms with van der Waals surface area (Å²) in [6.45, 7) is -0.123. The predicted octanol–water partition coefficient (Wildman–Crippen LogP) is 6.59. The van der Waals surface area contributed by atoms with E-state index in [1.54, 1.807) is 0 Å². The molecule has 0 aromatic heterocycles. The number of esters is 1. The van der Waals surface area contributed by atoms with E-state index in [-0.39, 0.29) is 66.5 Å². The zero-order valence-corrected chi connectivity index (χ0v) is 22.7. The number of unbranched alkanes of at least 4 members (excludes halogenated alkanes) is 1. The number of rotatable bonds is 14. The van der Waals surface area contributed by atoms with Crippen LogP contribution in [0.2, 0.25) is 0 Å². The normalized spacial score (nSPS) is 11.8. The number of benzene rings is 3. The van der Waals surface area contributed by atoms with Crippen molar-refractivity contribution in [1.82, 2.24) is 0 Å². The molecule has 0 bridgehead atoms. The van der Waals surface area contributed by atoms with Crippen LogP contribution in [-0.2, 0) is 22.1 Å². The first-order chi connectivity index (χ1) is 20.2. The summed E-state index contributed by atoms with van der Waals surface area (Å²) in [7, 11) is 0. The summed E-state index contributed by atoms with van der Waals surface area (Å²) in [5.41, 5.74) is 12.1. The van der Waals surface area contributed by atoms with Crippen molar-refractivity contribution in [3.05, 3.63) is 89.0 Å². The van der Waals surface area contributed by atoms with E-state index < -0.39 is 36.2 Å². The SMILES string of the molecule is Nc1cc(N)c(CCOC(=O)C=Cc2ccc(OC(F)(F)c3ccc(OCCCCC(F)(F)F)cc3)cc2)c(C(=O)O)c1. The smallest absolute Gasteiger partial charge is 0.426 e. The minimum Gasteiger partial charge on any atom is -0.494 e. The van der Waals surface area contributed by atoms with Gasteiger partial charge in [0.05, 0.1) is 24.3 Å². The Kier molecular flexibility index (Phi) is 10.9. The van der Waals surface area contributed by atoms with Gasteiger partial charge in [0, 0.05) is 30.3 Å². The summed E-state index contributed by atoms with van der Waals surface area (Å²) in [6, 6.07) is 12.9. The molecule has 0 saturated carbocycles. The summed E-state index contributed by atoms with van der Waals surface area (Å²) in [4.78, 5) is 23.5. The molecule has 0 aliphatic carbocycles. The number of carboxylic acids is 1. The largest absolute Gasteiger partial charge is 0.494 e. The average Bonchev–Trinajstić information content (AvgIpc) is 2.93. The van der Waals surface area contributed by atoms with Gasteiger partial charge in [-0.05, 0) is 78.6 Å². The first-order valence-electron chi connectivity index (χ1n) is 13.0. The van der Waals surface area contributed by atoms with Gasteiger partial charge in [0.25, 0.3) is 0 Å². The van der Waals surface area contributed by atoms with Gasteiger partial charge in [-0.25, -0.2) is 9.59 Å². The zero-order valence-electron chi connectivity index (χ0n) is 22.7. The van der Waals surface area contributed by atoms with Crippen molar-refractivity contribution < 1.29 is 50.9 Å². The van der Waals surface area contributed by atoms with Crippen LogP contribution in [0.5, 0.6) is 11.5 Å². The second-order valence-electron chi connectivity index (χ2n) is 9.33. The average molecular weight is 609 g/mol. The molecule has 3 aromatic rings. The molecule has 13 heteroatoms. The lowest BCUT2D eigenvalue weighted by atomic mass is 10.0. The van der Waals surface area contributed by atoms with Crippen molar-refractivity contribution in [3.8, 4) is 11.5 Å². The molecule has 0 aliphatic rings. The molecule has 230 valence electrons. The maximum absolute atomic E-state index is 14.7. The van der Waals surface area contributed by atoms with E-state index in [0.717, 1.165) is 18.2 Å². The predicted molar refractivity (Wildman–Crippen MR) is 149 cm³/mol. The monoisotopic (exact) mass is 608 g/mol. The highest BCUT2D eigenvalue weighted by Gasteiger charge is 2.34. The summed E-state index contributed by atoms with van der Waals surface area (Å²) in [5, 5.41) is 9.33. The molecular weight excluding hydrogens is 579 g/mol. The molecule has 0 saturated heterocycles. The fourth-order valence-electron chi connectivity index (χ4n) is 3.87. The van der Waals surface area contributed by atoms with E-state index >= 15 is 0 Å². The Labute approximate surface area is 243 Å². The van der Waals surface area contributed by atoms with E-state index in [4.69, 9.17) is 25.7 Å². The highest BCUT2D eigenvalue weighted by Crippen LogP contribution is 2.33. The fourth-order valence-corrected chi connectivity index (χ4v) is 3.87. The molecule has 0 spiro atoms. The number of nitrogens with two attached hydrogens (primary N) is 2. The Balaban J connectivity index is 1.47. The minimum atomic E-state index is -4.23. The van der Waals surface area contributed by atoms with Crippen LogP contribution < -0.4 is 20.9 Å². The second-order valence-corrected chi connectivity index (χ2v) is 9.33. The number of carbonyl (C=O) groups is 2. The number of nitrogen functional groups attached to an aromatic ring is 2. The van der Waals surface area contributed by atoms with Crippen molar-refractivity contribution >= 4 is 29.4 Å². The number of halogens is 5. The van der Waals surface area contributed by atoms with Crippen LogP contribution in [0.25, 0.3) is 6.08 Å². The first kappa shape index (κ1) is 32.7. The minimum absolute atomic E-state index is 0.0210. The molecule has 0 amide bonds. The van der Waals surface area contributed by atoms with Gasteiger partial charge in [0.1, 0.15) is 11.5 Å². The Hall–Kier alpha value is -4.81. The zero-order chi connectivity index (χ0) is 31.6. The number of ether oxygens (including phenoxy) is 3. The van der Waals surface area contributed by atoms with Crippen molar-refractivity contribution in [2.45, 2.75) is 38.0 Å². The van der Waals surface area contributed by atoms with Gasteiger partial charge >= 0.3 is 24.2 Å². The van der Waals surface area contributed by atoms with Gasteiger partial charge in [0.2, 0.25) is 0 Å². The van der Waals surface area contributed by atoms with Crippen molar-refractivity contribution in [2.75, 3.05) is 24.7 Å². The topological polar surface area (TPSA) is 134 Å². The van der Waals surface area contributed by atoms with Gasteiger partial charge in [-0.1, -0.05) is 12.1 Å². The Morgan fingerprint density at radius 1 is 0.860 bits per heavy atom. The molecule has 0 radical (unpaired) electrons. The third-order valence-electron chi connectivity index (χ3n) is 5.99. The quantitative estimate of drug-likeness (QED) is 0.0614. The summed E-state index contributed by atoms with van der Waals surface area (Å²) < 4.78 is 81.0. The first-order valence-corrected chi connectivity index (χ1v) is 13.0. The number of anilines is 2. The second kappa shape index (κ2) is 14.4. The van der Waals surface area contributed by atoms with E-state index in [9.17, 15) is 36.6 Å². The van der Waals surface area contributed by atoms with Crippen LogP contribution in [0.1, 0.15) is 46.3 Å². The molecule has 5 N–H and O–H groups in total. The number of alkyl halides is 5. The molecule has 0 atom stereocenters. The van der Waals surface area contributed by atoms with Gasteiger partial charge in [-0.2, -0.15) is 22.0 Å². The van der Waals surface area contributed by atoms with Crippen molar-refractivity contribution in [2.24, 2.45) is 0 Å². The third-order valence-corrected chi connectivity index (χ3v) is 5.99. The number of aromatic carboxylic acids is 1. The van der Waals surface area contributed by atoms with Gasteiger partial charge in [-0.3, -0.25) is 0 Å². The van der Waals surface area contributed by atoms with E-state index in [2.05, 4.69) is 0 Å². The lowest BCUT2D eigenvalue weighted by Crippen LogP contribution is -2.21. The summed E-state index contributed by atoms with van der Waals surface area (Å²) in [6.07, 6.45) is -6.20. The molecule has 3 rings (SSSR count). The highest BCUT2D eigenvalue weighted by atomic mass is 19.4. The van der Waals surface area contributed by atoms with Crippen LogP contribution in [0.15, 0.2) is 66.7 Å². The van der Waals surface area contributed by atoms with E-state index in [1.165, 1.54) is 54.6 Å². The highest BCUT2D eigenvalue weighted by molar-refractivity contribution is 5.92. The molecular formula is C30H29F5N2O6. The van der Waals surface area contributed by atoms with Crippen LogP contribution in [0.4, 0.5) is 33.3 Å². The van der Waals surface area contributed by atoms with Gasteiger partial charge < -0.3 is 30.8 Å². The summed E-state index contributed by atoms with van der Waals surface area (Å²) >= 11 is 0. The fraction of sp³-hybridized carbons (Fsp3) is 0.267. The van der Waals surface area contributed by atoms with Crippen molar-refractivity contribution in [3.63, 3.8) is 0 Å². The van der Waals surface area contributed by atoms with Crippen LogP contribution in [0, 0.1) is 0 Å². The number of carbonyl (C=O) groups excluding carboxylic acids is 1. The van der Waals surface area contributed by atoms with Crippen LogP contribution >= 0.6 is 0 Å². The molecule has 3 aromatic carbocycles. The lowest BCUT2D eigenvalue weighted by Gasteiger charge is -2.18. The van der Waals surface area contributed by atoms with Crippen LogP contribution in [0.3, 0.4) is 0 Å². The van der Waals surface area contributed by atoms with Crippen molar-refractivity contribution in [1.29, 1.82) is 0 Å². The molecule has 8 nitrogen and oxygen atoms in total. The van der Waals surface area contributed by atoms with E-state index in [1.807, 2.05) is 0 Å². The maximum atomic E-state index is 14.7. The molecule has 0 unspecified atom stereocenters. The van der Waals surface area contributed by atoms with Crippen LogP contribution in [-0.4, -0.2) is 36.4 Å². The summed E-state index contributed by atoms with van der Waals surface area (Å²) in [5.74, 6) is -1.84. The lowest BCUT2D eigenvalue weighted by molar-refractivity contribution is -0.185.